The molecule has 172 valence electrons. The van der Waals surface area contributed by atoms with Crippen molar-refractivity contribution < 1.29 is 14.7 Å². The molecule has 32 heavy (non-hydrogen) atoms. The minimum absolute atomic E-state index is 0.160. The number of benzene rings is 1. The fourth-order valence-corrected chi connectivity index (χ4v) is 4.57. The maximum absolute atomic E-state index is 13.1. The molecular weight excluding hydrogens is 432 g/mol. The predicted octanol–water partition coefficient (Wildman–Crippen LogP) is 3.32. The Morgan fingerprint density at radius 3 is 2.53 bits per heavy atom. The normalized spacial score (nSPS) is 19.6. The van der Waals surface area contributed by atoms with Crippen molar-refractivity contribution in [3.8, 4) is 0 Å². The Kier molecular flexibility index (Phi) is 6.88. The van der Waals surface area contributed by atoms with Gasteiger partial charge in [0.1, 0.15) is 0 Å². The second-order valence-corrected chi connectivity index (χ2v) is 9.54. The van der Waals surface area contributed by atoms with Crippen molar-refractivity contribution in [2.24, 2.45) is 5.41 Å². The Bertz CT molecular complexity index is 1030. The van der Waals surface area contributed by atoms with Crippen LogP contribution in [0.15, 0.2) is 24.3 Å². The van der Waals surface area contributed by atoms with Crippen LogP contribution in [-0.2, 0) is 11.3 Å². The summed E-state index contributed by atoms with van der Waals surface area (Å²) < 4.78 is 0. The zero-order valence-electron chi connectivity index (χ0n) is 19.0. The van der Waals surface area contributed by atoms with Gasteiger partial charge in [-0.2, -0.15) is 4.80 Å². The number of halogens is 1. The molecule has 2 unspecified atom stereocenters. The van der Waals surface area contributed by atoms with E-state index in [-0.39, 0.29) is 30.0 Å². The summed E-state index contributed by atoms with van der Waals surface area (Å²) in [5.74, 6) is 0.412. The zero-order chi connectivity index (χ0) is 23.6. The van der Waals surface area contributed by atoms with Gasteiger partial charge in [0, 0.05) is 24.2 Å². The summed E-state index contributed by atoms with van der Waals surface area (Å²) >= 11 is 6.17. The molecule has 1 aliphatic rings. The van der Waals surface area contributed by atoms with Crippen molar-refractivity contribution in [2.75, 3.05) is 13.1 Å². The molecule has 3 rings (SSSR count). The fourth-order valence-electron chi connectivity index (χ4n) is 4.38. The van der Waals surface area contributed by atoms with Gasteiger partial charge in [-0.25, -0.2) is 4.79 Å². The lowest BCUT2D eigenvalue weighted by atomic mass is 9.80. The first-order chi connectivity index (χ1) is 15.0. The summed E-state index contributed by atoms with van der Waals surface area (Å²) in [5, 5.41) is 22.3. The molecule has 1 saturated heterocycles. The van der Waals surface area contributed by atoms with Gasteiger partial charge in [-0.05, 0) is 53.8 Å². The average Bonchev–Trinajstić information content (AvgIpc) is 3.10. The zero-order valence-corrected chi connectivity index (χ0v) is 19.7. The van der Waals surface area contributed by atoms with Crippen LogP contribution >= 0.6 is 11.6 Å². The van der Waals surface area contributed by atoms with E-state index in [0.717, 1.165) is 11.1 Å². The Balaban J connectivity index is 1.81. The van der Waals surface area contributed by atoms with Crippen LogP contribution < -0.4 is 0 Å². The van der Waals surface area contributed by atoms with Gasteiger partial charge in [-0.1, -0.05) is 38.4 Å². The maximum atomic E-state index is 13.1. The highest BCUT2D eigenvalue weighted by Crippen LogP contribution is 2.32. The first kappa shape index (κ1) is 23.7. The SMILES string of the molecule is Cc1nnn(Cc2cc(Cl)ccc2C=CC(=O)N2CCN(C(=O)O)C(C(C)(C)C)C2C)n1. The van der Waals surface area contributed by atoms with Crippen molar-refractivity contribution in [3.63, 3.8) is 0 Å². The van der Waals surface area contributed by atoms with E-state index in [4.69, 9.17) is 11.6 Å². The predicted molar refractivity (Wildman–Crippen MR) is 121 cm³/mol. The number of amides is 2. The van der Waals surface area contributed by atoms with Gasteiger partial charge < -0.3 is 14.9 Å². The van der Waals surface area contributed by atoms with Crippen molar-refractivity contribution >= 4 is 29.7 Å². The minimum atomic E-state index is -0.956. The van der Waals surface area contributed by atoms with Gasteiger partial charge in [0.05, 0.1) is 18.6 Å². The molecule has 2 atom stereocenters. The number of aryl methyl sites for hydroxylation is 1. The van der Waals surface area contributed by atoms with Crippen LogP contribution in [-0.4, -0.2) is 72.3 Å². The maximum Gasteiger partial charge on any atom is 0.407 e. The molecule has 0 spiro atoms. The number of carbonyl (C=O) groups excluding carboxylic acids is 1. The van der Waals surface area contributed by atoms with Crippen LogP contribution in [0.3, 0.4) is 0 Å². The summed E-state index contributed by atoms with van der Waals surface area (Å²) in [4.78, 5) is 29.5. The van der Waals surface area contributed by atoms with E-state index in [1.54, 1.807) is 24.0 Å². The number of carbonyl (C=O) groups is 2. The second kappa shape index (κ2) is 9.28. The smallest absolute Gasteiger partial charge is 0.407 e. The number of nitrogens with zero attached hydrogens (tertiary/aromatic N) is 6. The van der Waals surface area contributed by atoms with Gasteiger partial charge in [0.15, 0.2) is 5.82 Å². The van der Waals surface area contributed by atoms with Gasteiger partial charge in [-0.15, -0.1) is 10.2 Å². The highest BCUT2D eigenvalue weighted by Gasteiger charge is 2.44. The molecule has 0 radical (unpaired) electrons. The topological polar surface area (TPSA) is 104 Å². The van der Waals surface area contributed by atoms with Gasteiger partial charge >= 0.3 is 6.09 Å². The monoisotopic (exact) mass is 460 g/mol. The summed E-state index contributed by atoms with van der Waals surface area (Å²) in [5.41, 5.74) is 1.37. The summed E-state index contributed by atoms with van der Waals surface area (Å²) in [6, 6.07) is 4.85. The molecule has 2 aromatic rings. The lowest BCUT2D eigenvalue weighted by molar-refractivity contribution is -0.133. The van der Waals surface area contributed by atoms with E-state index in [0.29, 0.717) is 23.9 Å². The molecule has 1 aromatic heterocycles. The van der Waals surface area contributed by atoms with E-state index in [1.165, 1.54) is 15.8 Å². The molecule has 1 aromatic carbocycles. The summed E-state index contributed by atoms with van der Waals surface area (Å²) in [6.45, 7) is 10.6. The Morgan fingerprint density at radius 2 is 1.94 bits per heavy atom. The van der Waals surface area contributed by atoms with E-state index in [9.17, 15) is 14.7 Å². The third-order valence-electron chi connectivity index (χ3n) is 5.66. The van der Waals surface area contributed by atoms with Crippen LogP contribution in [0.5, 0.6) is 0 Å². The largest absolute Gasteiger partial charge is 0.465 e. The molecule has 2 heterocycles. The molecule has 9 nitrogen and oxygen atoms in total. The van der Waals surface area contributed by atoms with Crippen LogP contribution in [0.4, 0.5) is 4.79 Å². The minimum Gasteiger partial charge on any atom is -0.465 e. The molecule has 1 fully saturated rings. The number of piperazine rings is 1. The molecule has 10 heteroatoms. The van der Waals surface area contributed by atoms with Gasteiger partial charge in [-0.3, -0.25) is 4.79 Å². The van der Waals surface area contributed by atoms with Crippen LogP contribution in [0.1, 0.15) is 44.6 Å². The Hall–Kier alpha value is -2.94. The van der Waals surface area contributed by atoms with Gasteiger partial charge in [0.2, 0.25) is 5.91 Å². The first-order valence-corrected chi connectivity index (χ1v) is 10.9. The number of tetrazole rings is 1. The number of hydrogen-bond donors (Lipinski definition) is 1. The third kappa shape index (κ3) is 5.27. The number of hydrogen-bond acceptors (Lipinski definition) is 5. The highest BCUT2D eigenvalue weighted by atomic mass is 35.5. The van der Waals surface area contributed by atoms with Crippen LogP contribution in [0, 0.1) is 12.3 Å². The van der Waals surface area contributed by atoms with Gasteiger partial charge in [0.25, 0.3) is 0 Å². The molecule has 0 saturated carbocycles. The van der Waals surface area contributed by atoms with Crippen molar-refractivity contribution in [1.29, 1.82) is 0 Å². The van der Waals surface area contributed by atoms with Crippen molar-refractivity contribution in [3.05, 3.63) is 46.2 Å². The van der Waals surface area contributed by atoms with E-state index in [2.05, 4.69) is 15.4 Å². The third-order valence-corrected chi connectivity index (χ3v) is 5.89. The lowest BCUT2D eigenvalue weighted by Gasteiger charge is -2.50. The molecule has 1 N–H and O–H groups in total. The second-order valence-electron chi connectivity index (χ2n) is 9.10. The molecule has 0 bridgehead atoms. The Labute approximate surface area is 192 Å². The molecular formula is C22H29ClN6O3. The quantitative estimate of drug-likeness (QED) is 0.702. The number of aromatic nitrogens is 4. The molecule has 1 aliphatic heterocycles. The first-order valence-electron chi connectivity index (χ1n) is 10.5. The fraction of sp³-hybridized carbons (Fsp3) is 0.500. The summed E-state index contributed by atoms with van der Waals surface area (Å²) in [7, 11) is 0. The van der Waals surface area contributed by atoms with E-state index in [1.807, 2.05) is 39.8 Å². The number of rotatable bonds is 4. The summed E-state index contributed by atoms with van der Waals surface area (Å²) in [6.07, 6.45) is 2.32. The molecule has 2 amide bonds. The standard InChI is InChI=1S/C22H29ClN6O3/c1-14-20(22(3,4)5)28(21(31)32)11-10-27(14)19(30)9-7-16-6-8-18(23)12-17(16)13-29-25-15(2)24-26-29/h6-9,12,14,20H,10-11,13H2,1-5H3,(H,31,32). The van der Waals surface area contributed by atoms with Crippen LogP contribution in [0.25, 0.3) is 6.08 Å². The number of carboxylic acid groups (broad SMARTS) is 1. The van der Waals surface area contributed by atoms with Crippen molar-refractivity contribution in [2.45, 2.75) is 53.2 Å². The molecule has 0 aliphatic carbocycles. The Morgan fingerprint density at radius 1 is 1.25 bits per heavy atom. The van der Waals surface area contributed by atoms with Crippen molar-refractivity contribution in [1.82, 2.24) is 30.0 Å². The van der Waals surface area contributed by atoms with Crippen LogP contribution in [0.2, 0.25) is 5.02 Å². The van der Waals surface area contributed by atoms with E-state index >= 15 is 0 Å². The highest BCUT2D eigenvalue weighted by molar-refractivity contribution is 6.30. The lowest BCUT2D eigenvalue weighted by Crippen LogP contribution is -2.64. The average molecular weight is 461 g/mol. The van der Waals surface area contributed by atoms with E-state index < -0.39 is 6.09 Å².